The van der Waals surface area contributed by atoms with Gasteiger partial charge in [0.25, 0.3) is 0 Å². The SMILES string of the molecule is COc1ccc(-c2nnc(SCC(=O)N3CCC(Cc4ccccc4)CC3)n2-c2ccc(F)c(Cl)c2)cc1. The average molecular weight is 551 g/mol. The van der Waals surface area contributed by atoms with E-state index in [0.717, 1.165) is 43.7 Å². The van der Waals surface area contributed by atoms with Gasteiger partial charge in [-0.2, -0.15) is 0 Å². The molecule has 0 aliphatic carbocycles. The van der Waals surface area contributed by atoms with E-state index in [4.69, 9.17) is 16.3 Å². The van der Waals surface area contributed by atoms with Gasteiger partial charge in [0.1, 0.15) is 11.6 Å². The standard InChI is InChI=1S/C29H28ClFN4O2S/c1-37-24-10-7-22(8-11-24)28-32-33-29(35(28)23-9-12-26(31)25(30)18-23)38-19-27(36)34-15-13-21(14-16-34)17-20-5-3-2-4-6-20/h2-12,18,21H,13-17,19H2,1H3. The van der Waals surface area contributed by atoms with Crippen LogP contribution in [0.1, 0.15) is 18.4 Å². The number of hydrogen-bond donors (Lipinski definition) is 0. The van der Waals surface area contributed by atoms with E-state index in [1.54, 1.807) is 17.7 Å². The van der Waals surface area contributed by atoms with Crippen molar-refractivity contribution in [1.29, 1.82) is 0 Å². The lowest BCUT2D eigenvalue weighted by atomic mass is 9.90. The summed E-state index contributed by atoms with van der Waals surface area (Å²) in [5.41, 5.74) is 2.77. The highest BCUT2D eigenvalue weighted by atomic mass is 35.5. The number of halogens is 2. The number of carbonyl (C=O) groups excluding carboxylic acids is 1. The van der Waals surface area contributed by atoms with Gasteiger partial charge in [0, 0.05) is 18.7 Å². The molecular weight excluding hydrogens is 523 g/mol. The maximum absolute atomic E-state index is 13.9. The van der Waals surface area contributed by atoms with E-state index in [1.807, 2.05) is 35.2 Å². The Hall–Kier alpha value is -3.36. The Morgan fingerprint density at radius 1 is 1.05 bits per heavy atom. The van der Waals surface area contributed by atoms with Gasteiger partial charge in [0.15, 0.2) is 11.0 Å². The molecule has 0 spiro atoms. The van der Waals surface area contributed by atoms with Crippen molar-refractivity contribution in [3.8, 4) is 22.8 Å². The molecule has 5 rings (SSSR count). The first-order valence-corrected chi connectivity index (χ1v) is 13.9. The van der Waals surface area contributed by atoms with Crippen LogP contribution >= 0.6 is 23.4 Å². The molecule has 1 aliphatic heterocycles. The Morgan fingerprint density at radius 2 is 1.79 bits per heavy atom. The van der Waals surface area contributed by atoms with Crippen molar-refractivity contribution in [1.82, 2.24) is 19.7 Å². The van der Waals surface area contributed by atoms with Gasteiger partial charge in [-0.25, -0.2) is 4.39 Å². The zero-order chi connectivity index (χ0) is 26.5. The van der Waals surface area contributed by atoms with Crippen molar-refractivity contribution in [3.63, 3.8) is 0 Å². The van der Waals surface area contributed by atoms with Crippen LogP contribution in [0.2, 0.25) is 5.02 Å². The molecule has 3 aromatic carbocycles. The number of thioether (sulfide) groups is 1. The number of piperidine rings is 1. The van der Waals surface area contributed by atoms with Crippen molar-refractivity contribution in [2.45, 2.75) is 24.4 Å². The lowest BCUT2D eigenvalue weighted by molar-refractivity contribution is -0.129. The third-order valence-electron chi connectivity index (χ3n) is 6.80. The summed E-state index contributed by atoms with van der Waals surface area (Å²) in [6.07, 6.45) is 3.05. The molecule has 0 saturated carbocycles. The van der Waals surface area contributed by atoms with Crippen LogP contribution in [-0.4, -0.2) is 51.5 Å². The molecule has 38 heavy (non-hydrogen) atoms. The quantitative estimate of drug-likeness (QED) is 0.241. The highest BCUT2D eigenvalue weighted by molar-refractivity contribution is 7.99. The van der Waals surface area contributed by atoms with Crippen LogP contribution in [0, 0.1) is 11.7 Å². The first-order chi connectivity index (χ1) is 18.5. The maximum Gasteiger partial charge on any atom is 0.233 e. The molecule has 1 amide bonds. The Balaban J connectivity index is 1.29. The van der Waals surface area contributed by atoms with Crippen LogP contribution in [0.5, 0.6) is 5.75 Å². The molecule has 6 nitrogen and oxygen atoms in total. The number of ether oxygens (including phenoxy) is 1. The number of rotatable bonds is 8. The number of hydrogen-bond acceptors (Lipinski definition) is 5. The highest BCUT2D eigenvalue weighted by Gasteiger charge is 2.24. The van der Waals surface area contributed by atoms with E-state index in [9.17, 15) is 9.18 Å². The van der Waals surface area contributed by atoms with Crippen molar-refractivity contribution >= 4 is 29.3 Å². The number of carbonyl (C=O) groups is 1. The number of methoxy groups -OCH3 is 1. The molecule has 2 heterocycles. The Labute approximate surface area is 230 Å². The summed E-state index contributed by atoms with van der Waals surface area (Å²) in [5, 5.41) is 9.31. The van der Waals surface area contributed by atoms with Crippen LogP contribution in [-0.2, 0) is 11.2 Å². The average Bonchev–Trinajstić information content (AvgIpc) is 3.38. The second kappa shape index (κ2) is 12.0. The molecule has 1 fully saturated rings. The fourth-order valence-electron chi connectivity index (χ4n) is 4.70. The topological polar surface area (TPSA) is 60.3 Å². The summed E-state index contributed by atoms with van der Waals surface area (Å²) in [4.78, 5) is 15.0. The zero-order valence-corrected chi connectivity index (χ0v) is 22.6. The molecule has 0 radical (unpaired) electrons. The largest absolute Gasteiger partial charge is 0.497 e. The molecule has 9 heteroatoms. The van der Waals surface area contributed by atoms with E-state index in [0.29, 0.717) is 22.6 Å². The molecule has 0 unspecified atom stereocenters. The fraction of sp³-hybridized carbons (Fsp3) is 0.276. The smallest absolute Gasteiger partial charge is 0.233 e. The van der Waals surface area contributed by atoms with E-state index in [2.05, 4.69) is 34.5 Å². The van der Waals surface area contributed by atoms with Gasteiger partial charge in [-0.3, -0.25) is 9.36 Å². The van der Waals surface area contributed by atoms with E-state index >= 15 is 0 Å². The summed E-state index contributed by atoms with van der Waals surface area (Å²) in [6, 6.07) is 22.4. The van der Waals surface area contributed by atoms with Crippen LogP contribution in [0.4, 0.5) is 4.39 Å². The second-order valence-corrected chi connectivity index (χ2v) is 10.6. The number of aromatic nitrogens is 3. The van der Waals surface area contributed by atoms with Gasteiger partial charge < -0.3 is 9.64 Å². The van der Waals surface area contributed by atoms with Crippen molar-refractivity contribution in [2.24, 2.45) is 5.92 Å². The van der Waals surface area contributed by atoms with Crippen LogP contribution in [0.15, 0.2) is 78.0 Å². The summed E-state index contributed by atoms with van der Waals surface area (Å²) in [6.45, 7) is 1.52. The highest BCUT2D eigenvalue weighted by Crippen LogP contribution is 2.31. The van der Waals surface area contributed by atoms with E-state index < -0.39 is 5.82 Å². The molecule has 1 aliphatic rings. The maximum atomic E-state index is 13.9. The minimum atomic E-state index is -0.505. The molecule has 0 bridgehead atoms. The van der Waals surface area contributed by atoms with E-state index in [1.165, 1.54) is 29.5 Å². The normalized spacial score (nSPS) is 14.0. The fourth-order valence-corrected chi connectivity index (χ4v) is 5.73. The van der Waals surface area contributed by atoms with Crippen LogP contribution in [0.3, 0.4) is 0 Å². The molecule has 196 valence electrons. The van der Waals surface area contributed by atoms with Gasteiger partial charge in [-0.05, 0) is 73.2 Å². The number of benzene rings is 3. The number of nitrogens with zero attached hydrogens (tertiary/aromatic N) is 4. The predicted molar refractivity (Wildman–Crippen MR) is 148 cm³/mol. The molecule has 1 saturated heterocycles. The summed E-state index contributed by atoms with van der Waals surface area (Å²) in [7, 11) is 1.61. The third kappa shape index (κ3) is 6.03. The molecule has 0 atom stereocenters. The number of amides is 1. The first-order valence-electron chi connectivity index (χ1n) is 12.5. The Bertz CT molecular complexity index is 1390. The summed E-state index contributed by atoms with van der Waals surface area (Å²) in [5.74, 6) is 1.68. The molecule has 4 aromatic rings. The Kier molecular flexibility index (Phi) is 8.29. The molecular formula is C29H28ClFN4O2S. The number of likely N-dealkylation sites (tertiary alicyclic amines) is 1. The van der Waals surface area contributed by atoms with Crippen molar-refractivity contribution in [2.75, 3.05) is 26.0 Å². The van der Waals surface area contributed by atoms with Crippen molar-refractivity contribution in [3.05, 3.63) is 89.2 Å². The van der Waals surface area contributed by atoms with Crippen LogP contribution in [0.25, 0.3) is 17.1 Å². The van der Waals surface area contributed by atoms with Gasteiger partial charge in [0.05, 0.1) is 23.6 Å². The van der Waals surface area contributed by atoms with Gasteiger partial charge in [-0.15, -0.1) is 10.2 Å². The monoisotopic (exact) mass is 550 g/mol. The molecule has 0 N–H and O–H groups in total. The van der Waals surface area contributed by atoms with Gasteiger partial charge in [-0.1, -0.05) is 53.7 Å². The second-order valence-electron chi connectivity index (χ2n) is 9.27. The first kappa shape index (κ1) is 26.3. The summed E-state index contributed by atoms with van der Waals surface area (Å²) >= 11 is 7.42. The minimum Gasteiger partial charge on any atom is -0.497 e. The van der Waals surface area contributed by atoms with E-state index in [-0.39, 0.29) is 16.7 Å². The predicted octanol–water partition coefficient (Wildman–Crippen LogP) is 6.31. The Morgan fingerprint density at radius 3 is 2.47 bits per heavy atom. The van der Waals surface area contributed by atoms with Gasteiger partial charge in [0.2, 0.25) is 5.91 Å². The van der Waals surface area contributed by atoms with Crippen LogP contribution < -0.4 is 4.74 Å². The third-order valence-corrected chi connectivity index (χ3v) is 8.01. The zero-order valence-electron chi connectivity index (χ0n) is 21.0. The lowest BCUT2D eigenvalue weighted by Gasteiger charge is -2.32. The summed E-state index contributed by atoms with van der Waals surface area (Å²) < 4.78 is 21.0. The minimum absolute atomic E-state index is 0.00211. The van der Waals surface area contributed by atoms with Gasteiger partial charge >= 0.3 is 0 Å². The molecule has 1 aromatic heterocycles. The lowest BCUT2D eigenvalue weighted by Crippen LogP contribution is -2.39. The van der Waals surface area contributed by atoms with Crippen molar-refractivity contribution < 1.29 is 13.9 Å².